The first-order valence-electron chi connectivity index (χ1n) is 6.69. The Morgan fingerprint density at radius 2 is 1.65 bits per heavy atom. The number of carbonyl (C=O) groups excluding carboxylic acids is 2. The van der Waals surface area contributed by atoms with Gasteiger partial charge >= 0.3 is 0 Å². The van der Waals surface area contributed by atoms with Gasteiger partial charge in [0.25, 0.3) is 0 Å². The zero-order valence-corrected chi connectivity index (χ0v) is 11.8. The molecule has 6 nitrogen and oxygen atoms in total. The highest BCUT2D eigenvalue weighted by atomic mass is 19.1. The molecule has 114 valence electrons. The maximum absolute atomic E-state index is 13.1. The summed E-state index contributed by atoms with van der Waals surface area (Å²) in [5, 5.41) is 0. The Bertz CT molecular complexity index is 957. The van der Waals surface area contributed by atoms with Crippen molar-refractivity contribution in [3.05, 3.63) is 72.3 Å². The van der Waals surface area contributed by atoms with Gasteiger partial charge in [-0.25, -0.2) is 9.97 Å². The van der Waals surface area contributed by atoms with Crippen LogP contribution in [0, 0.1) is 5.95 Å². The molecule has 0 aliphatic carbocycles. The van der Waals surface area contributed by atoms with E-state index in [0.29, 0.717) is 17.6 Å². The second kappa shape index (κ2) is 6.18. The van der Waals surface area contributed by atoms with Crippen molar-refractivity contribution in [2.45, 2.75) is 0 Å². The third-order valence-electron chi connectivity index (χ3n) is 3.11. The van der Waals surface area contributed by atoms with Gasteiger partial charge in [0.2, 0.25) is 5.95 Å². The number of aldehydes is 2. The fourth-order valence-electron chi connectivity index (χ4n) is 2.07. The van der Waals surface area contributed by atoms with Gasteiger partial charge in [0.05, 0.1) is 0 Å². The van der Waals surface area contributed by atoms with Crippen molar-refractivity contribution in [3.63, 3.8) is 0 Å². The van der Waals surface area contributed by atoms with Crippen molar-refractivity contribution in [3.8, 4) is 0 Å². The number of carbonyl (C=O) groups is 2. The van der Waals surface area contributed by atoms with Crippen molar-refractivity contribution >= 4 is 23.9 Å². The standard InChI is InChI=1S/C8H5FN2O.C8H6N2O/c9-8-6(5-12)10-7-3-1-2-4-11(7)8;11-6-7-5-10-4-2-1-3-8(10)9-7/h1-5H;1-6H. The minimum absolute atomic E-state index is 0.152. The van der Waals surface area contributed by atoms with Crippen LogP contribution in [0.2, 0.25) is 0 Å². The third-order valence-corrected chi connectivity index (χ3v) is 3.11. The van der Waals surface area contributed by atoms with Crippen LogP contribution in [0.5, 0.6) is 0 Å². The van der Waals surface area contributed by atoms with E-state index in [9.17, 15) is 14.0 Å². The highest BCUT2D eigenvalue weighted by Crippen LogP contribution is 2.08. The Morgan fingerprint density at radius 1 is 0.913 bits per heavy atom. The zero-order valence-electron chi connectivity index (χ0n) is 11.8. The second-order valence-corrected chi connectivity index (χ2v) is 4.58. The molecule has 0 amide bonds. The molecule has 0 fully saturated rings. The molecule has 0 aliphatic rings. The van der Waals surface area contributed by atoms with E-state index in [1.807, 2.05) is 28.8 Å². The van der Waals surface area contributed by atoms with E-state index < -0.39 is 5.95 Å². The van der Waals surface area contributed by atoms with Crippen molar-refractivity contribution in [2.75, 3.05) is 0 Å². The molecule has 0 aliphatic heterocycles. The summed E-state index contributed by atoms with van der Waals surface area (Å²) in [6, 6.07) is 10.7. The number of nitrogens with zero attached hydrogens (tertiary/aromatic N) is 4. The molecule has 0 spiro atoms. The molecule has 0 atom stereocenters. The van der Waals surface area contributed by atoms with Crippen molar-refractivity contribution in [2.24, 2.45) is 0 Å². The number of hydrogen-bond donors (Lipinski definition) is 0. The molecule has 0 N–H and O–H groups in total. The van der Waals surface area contributed by atoms with E-state index in [2.05, 4.69) is 9.97 Å². The summed E-state index contributed by atoms with van der Waals surface area (Å²) in [4.78, 5) is 28.4. The van der Waals surface area contributed by atoms with Crippen LogP contribution in [0.25, 0.3) is 11.3 Å². The maximum Gasteiger partial charge on any atom is 0.228 e. The van der Waals surface area contributed by atoms with E-state index >= 15 is 0 Å². The van der Waals surface area contributed by atoms with Crippen LogP contribution in [0.4, 0.5) is 4.39 Å². The number of aromatic nitrogens is 4. The predicted octanol–water partition coefficient (Wildman–Crippen LogP) is 2.43. The molecule has 0 saturated heterocycles. The molecule has 0 aromatic carbocycles. The average Bonchev–Trinajstić information content (AvgIpc) is 3.16. The smallest absolute Gasteiger partial charge is 0.228 e. The van der Waals surface area contributed by atoms with Crippen LogP contribution in [-0.2, 0) is 0 Å². The average molecular weight is 310 g/mol. The maximum atomic E-state index is 13.1. The Balaban J connectivity index is 0.000000136. The number of pyridine rings is 2. The lowest BCUT2D eigenvalue weighted by Gasteiger charge is -1.89. The molecule has 0 saturated carbocycles. The van der Waals surface area contributed by atoms with Gasteiger partial charge in [0.1, 0.15) is 17.0 Å². The van der Waals surface area contributed by atoms with Crippen LogP contribution < -0.4 is 0 Å². The number of halogens is 1. The Kier molecular flexibility index (Phi) is 3.92. The lowest BCUT2D eigenvalue weighted by atomic mass is 10.5. The molecular weight excluding hydrogens is 299 g/mol. The molecule has 7 heteroatoms. The Hall–Kier alpha value is -3.35. The van der Waals surface area contributed by atoms with Crippen LogP contribution >= 0.6 is 0 Å². The normalized spacial score (nSPS) is 10.3. The monoisotopic (exact) mass is 310 g/mol. The highest BCUT2D eigenvalue weighted by Gasteiger charge is 2.08. The quantitative estimate of drug-likeness (QED) is 0.533. The van der Waals surface area contributed by atoms with Gasteiger partial charge in [-0.2, -0.15) is 4.39 Å². The largest absolute Gasteiger partial charge is 0.306 e. The van der Waals surface area contributed by atoms with Gasteiger partial charge < -0.3 is 4.40 Å². The summed E-state index contributed by atoms with van der Waals surface area (Å²) in [5.74, 6) is -0.611. The van der Waals surface area contributed by atoms with E-state index in [1.165, 1.54) is 10.6 Å². The number of hydrogen-bond acceptors (Lipinski definition) is 4. The van der Waals surface area contributed by atoms with Crippen molar-refractivity contribution in [1.29, 1.82) is 0 Å². The zero-order chi connectivity index (χ0) is 16.2. The minimum Gasteiger partial charge on any atom is -0.306 e. The van der Waals surface area contributed by atoms with Crippen molar-refractivity contribution in [1.82, 2.24) is 18.8 Å². The summed E-state index contributed by atoms with van der Waals surface area (Å²) in [7, 11) is 0. The first kappa shape index (κ1) is 14.6. The van der Waals surface area contributed by atoms with Gasteiger partial charge in [-0.15, -0.1) is 0 Å². The van der Waals surface area contributed by atoms with E-state index in [-0.39, 0.29) is 5.69 Å². The summed E-state index contributed by atoms with van der Waals surface area (Å²) in [5.41, 5.74) is 1.56. The van der Waals surface area contributed by atoms with Gasteiger partial charge in [-0.1, -0.05) is 12.1 Å². The van der Waals surface area contributed by atoms with Crippen LogP contribution in [0.1, 0.15) is 21.0 Å². The lowest BCUT2D eigenvalue weighted by molar-refractivity contribution is 0.111. The summed E-state index contributed by atoms with van der Waals surface area (Å²) in [6.07, 6.45) is 6.22. The molecule has 0 unspecified atom stereocenters. The first-order chi connectivity index (χ1) is 11.2. The fraction of sp³-hybridized carbons (Fsp3) is 0. The van der Waals surface area contributed by atoms with Gasteiger partial charge in [-0.3, -0.25) is 14.0 Å². The predicted molar refractivity (Wildman–Crippen MR) is 81.1 cm³/mol. The van der Waals surface area contributed by atoms with Gasteiger partial charge in [0, 0.05) is 18.6 Å². The molecule has 4 rings (SSSR count). The Morgan fingerprint density at radius 3 is 2.30 bits per heavy atom. The second-order valence-electron chi connectivity index (χ2n) is 4.58. The molecule has 0 radical (unpaired) electrons. The first-order valence-corrected chi connectivity index (χ1v) is 6.69. The molecule has 4 heterocycles. The summed E-state index contributed by atoms with van der Waals surface area (Å²) in [6.45, 7) is 0. The SMILES string of the molecule is O=Cc1cn2ccccc2n1.O=Cc1nc2ccccn2c1F. The van der Waals surface area contributed by atoms with Gasteiger partial charge in [-0.05, 0) is 24.3 Å². The third kappa shape index (κ3) is 2.84. The molecular formula is C16H11FN4O2. The fourth-order valence-corrected chi connectivity index (χ4v) is 2.07. The minimum atomic E-state index is -0.611. The number of fused-ring (bicyclic) bond motifs is 2. The molecule has 4 aromatic rings. The topological polar surface area (TPSA) is 68.7 Å². The summed E-state index contributed by atoms with van der Waals surface area (Å²) >= 11 is 0. The van der Waals surface area contributed by atoms with Crippen molar-refractivity contribution < 1.29 is 14.0 Å². The number of rotatable bonds is 2. The summed E-state index contributed by atoms with van der Waals surface area (Å²) < 4.78 is 16.1. The molecule has 4 aromatic heterocycles. The lowest BCUT2D eigenvalue weighted by Crippen LogP contribution is -1.88. The highest BCUT2D eigenvalue weighted by molar-refractivity contribution is 5.73. The van der Waals surface area contributed by atoms with Crippen LogP contribution in [0.3, 0.4) is 0 Å². The number of imidazole rings is 2. The van der Waals surface area contributed by atoms with Crippen LogP contribution in [-0.4, -0.2) is 31.3 Å². The van der Waals surface area contributed by atoms with Gasteiger partial charge in [0.15, 0.2) is 18.3 Å². The molecule has 23 heavy (non-hydrogen) atoms. The van der Waals surface area contributed by atoms with Crippen LogP contribution in [0.15, 0.2) is 55.0 Å². The Labute approximate surface area is 129 Å². The van der Waals surface area contributed by atoms with E-state index in [1.54, 1.807) is 24.4 Å². The molecule has 0 bridgehead atoms. The van der Waals surface area contributed by atoms with E-state index in [0.717, 1.165) is 11.9 Å². The van der Waals surface area contributed by atoms with E-state index in [4.69, 9.17) is 0 Å².